The van der Waals surface area contributed by atoms with E-state index in [4.69, 9.17) is 0 Å². The smallest absolute Gasteiger partial charge is 0.321 e. The number of nitrogens with zero attached hydrogens (tertiary/aromatic N) is 3. The van der Waals surface area contributed by atoms with Crippen molar-refractivity contribution in [1.82, 2.24) is 20.3 Å². The largest absolute Gasteiger partial charge is 0.332 e. The van der Waals surface area contributed by atoms with Crippen molar-refractivity contribution in [1.29, 1.82) is 0 Å². The van der Waals surface area contributed by atoms with Gasteiger partial charge in [0.1, 0.15) is 0 Å². The number of nitrogens with one attached hydrogen (secondary N) is 2. The number of hydrogen-bond acceptors (Lipinski definition) is 6. The molecule has 4 rings (SSSR count). The van der Waals surface area contributed by atoms with Crippen LogP contribution in [0.2, 0.25) is 0 Å². The van der Waals surface area contributed by atoms with E-state index in [9.17, 15) is 4.79 Å². The average molecular weight is 357 g/mol. The van der Waals surface area contributed by atoms with E-state index in [0.29, 0.717) is 17.6 Å². The van der Waals surface area contributed by atoms with Crippen molar-refractivity contribution in [2.24, 2.45) is 0 Å². The second-order valence-corrected chi connectivity index (χ2v) is 7.16. The van der Waals surface area contributed by atoms with E-state index >= 15 is 0 Å². The zero-order valence-corrected chi connectivity index (χ0v) is 14.4. The fraction of sp³-hybridized carbons (Fsp3) is 0.250. The summed E-state index contributed by atoms with van der Waals surface area (Å²) in [6.45, 7) is 0.311. The molecule has 122 valence electrons. The van der Waals surface area contributed by atoms with Crippen LogP contribution in [0.3, 0.4) is 0 Å². The van der Waals surface area contributed by atoms with Gasteiger partial charge in [0.2, 0.25) is 0 Å². The molecule has 2 N–H and O–H groups in total. The van der Waals surface area contributed by atoms with Gasteiger partial charge in [-0.1, -0.05) is 0 Å². The lowest BCUT2D eigenvalue weighted by atomic mass is 10.2. The third-order valence-corrected chi connectivity index (χ3v) is 5.18. The highest BCUT2D eigenvalue weighted by molar-refractivity contribution is 7.14. The first-order valence-corrected chi connectivity index (χ1v) is 9.44. The predicted molar refractivity (Wildman–Crippen MR) is 95.3 cm³/mol. The molecule has 3 aromatic heterocycles. The van der Waals surface area contributed by atoms with Crippen LogP contribution in [-0.4, -0.2) is 21.0 Å². The summed E-state index contributed by atoms with van der Waals surface area (Å²) in [5.74, 6) is 0.590. The molecule has 0 unspecified atom stereocenters. The summed E-state index contributed by atoms with van der Waals surface area (Å²) in [7, 11) is 0. The minimum absolute atomic E-state index is 0.284. The van der Waals surface area contributed by atoms with Gasteiger partial charge in [0.05, 0.1) is 23.6 Å². The maximum Gasteiger partial charge on any atom is 0.321 e. The molecule has 8 heteroatoms. The Morgan fingerprint density at radius 3 is 2.92 bits per heavy atom. The molecule has 0 aliphatic heterocycles. The van der Waals surface area contributed by atoms with Crippen LogP contribution in [-0.2, 0) is 6.54 Å². The number of aromatic nitrogens is 3. The highest BCUT2D eigenvalue weighted by atomic mass is 32.1. The summed E-state index contributed by atoms with van der Waals surface area (Å²) in [4.78, 5) is 25.2. The summed E-state index contributed by atoms with van der Waals surface area (Å²) in [5, 5.41) is 12.3. The molecule has 0 bridgehead atoms. The van der Waals surface area contributed by atoms with Gasteiger partial charge in [-0.3, -0.25) is 15.3 Å². The van der Waals surface area contributed by atoms with Gasteiger partial charge in [0, 0.05) is 34.6 Å². The van der Waals surface area contributed by atoms with E-state index in [-0.39, 0.29) is 6.03 Å². The van der Waals surface area contributed by atoms with Gasteiger partial charge in [-0.2, -0.15) is 11.3 Å². The van der Waals surface area contributed by atoms with E-state index < -0.39 is 0 Å². The number of carbonyl (C=O) groups excluding carboxylic acids is 1. The molecule has 0 radical (unpaired) electrons. The number of thiazole rings is 1. The molecule has 1 saturated carbocycles. The lowest BCUT2D eigenvalue weighted by Crippen LogP contribution is -2.28. The van der Waals surface area contributed by atoms with Crippen molar-refractivity contribution in [3.05, 3.63) is 46.0 Å². The number of rotatable bonds is 5. The van der Waals surface area contributed by atoms with Gasteiger partial charge in [0.15, 0.2) is 5.13 Å². The second-order valence-electron chi connectivity index (χ2n) is 5.52. The Labute approximate surface area is 147 Å². The highest BCUT2D eigenvalue weighted by Gasteiger charge is 2.26. The third-order valence-electron chi connectivity index (χ3n) is 3.72. The Balaban J connectivity index is 1.38. The summed E-state index contributed by atoms with van der Waals surface area (Å²) in [6, 6.07) is 1.71. The highest BCUT2D eigenvalue weighted by Crippen LogP contribution is 2.40. The summed E-state index contributed by atoms with van der Waals surface area (Å²) in [6.07, 6.45) is 5.69. The molecule has 0 aromatic carbocycles. The fourth-order valence-electron chi connectivity index (χ4n) is 2.35. The van der Waals surface area contributed by atoms with Gasteiger partial charge in [-0.25, -0.2) is 9.78 Å². The number of carbonyl (C=O) groups is 1. The van der Waals surface area contributed by atoms with E-state index in [2.05, 4.69) is 25.6 Å². The molecule has 6 nitrogen and oxygen atoms in total. The summed E-state index contributed by atoms with van der Waals surface area (Å²) < 4.78 is 0. The van der Waals surface area contributed by atoms with Crippen LogP contribution in [0.25, 0.3) is 11.3 Å². The summed E-state index contributed by atoms with van der Waals surface area (Å²) in [5.41, 5.74) is 3.64. The SMILES string of the molecule is O=C(NCc1nccnc1-c1ccsc1)Nc1nc(C2CC2)cs1. The van der Waals surface area contributed by atoms with Crippen LogP contribution < -0.4 is 10.6 Å². The van der Waals surface area contributed by atoms with Gasteiger partial charge in [0.25, 0.3) is 0 Å². The monoisotopic (exact) mass is 357 g/mol. The lowest BCUT2D eigenvalue weighted by molar-refractivity contribution is 0.251. The van der Waals surface area contributed by atoms with Crippen LogP contribution in [0.4, 0.5) is 9.93 Å². The average Bonchev–Trinajstić information content (AvgIpc) is 3.10. The normalized spacial score (nSPS) is 13.7. The van der Waals surface area contributed by atoms with Crippen LogP contribution in [0.5, 0.6) is 0 Å². The first-order chi connectivity index (χ1) is 11.8. The Bertz CT molecular complexity index is 842. The molecule has 3 aromatic rings. The third kappa shape index (κ3) is 3.44. The number of anilines is 1. The molecule has 1 fully saturated rings. The minimum atomic E-state index is -0.284. The van der Waals surface area contributed by atoms with Crippen LogP contribution in [0.1, 0.15) is 30.1 Å². The van der Waals surface area contributed by atoms with Crippen molar-refractivity contribution in [3.63, 3.8) is 0 Å². The quantitative estimate of drug-likeness (QED) is 0.727. The first kappa shape index (κ1) is 15.2. The molecule has 1 aliphatic rings. The Kier molecular flexibility index (Phi) is 4.22. The van der Waals surface area contributed by atoms with Gasteiger partial charge >= 0.3 is 6.03 Å². The second kappa shape index (κ2) is 6.66. The Morgan fingerprint density at radius 1 is 1.25 bits per heavy atom. The van der Waals surface area contributed by atoms with Gasteiger partial charge in [-0.15, -0.1) is 11.3 Å². The molecule has 2 amide bonds. The number of urea groups is 1. The predicted octanol–water partition coefficient (Wildman–Crippen LogP) is 3.86. The molecule has 24 heavy (non-hydrogen) atoms. The van der Waals surface area contributed by atoms with Crippen molar-refractivity contribution in [2.45, 2.75) is 25.3 Å². The Morgan fingerprint density at radius 2 is 2.12 bits per heavy atom. The van der Waals surface area contributed by atoms with Crippen molar-refractivity contribution in [3.8, 4) is 11.3 Å². The molecule has 0 spiro atoms. The molecule has 0 saturated heterocycles. The molecule has 0 atom stereocenters. The topological polar surface area (TPSA) is 79.8 Å². The number of thiophene rings is 1. The summed E-state index contributed by atoms with van der Waals surface area (Å²) >= 11 is 3.06. The number of hydrogen-bond donors (Lipinski definition) is 2. The van der Waals surface area contributed by atoms with E-state index in [1.54, 1.807) is 23.7 Å². The zero-order valence-electron chi connectivity index (χ0n) is 12.7. The van der Waals surface area contributed by atoms with Crippen LogP contribution >= 0.6 is 22.7 Å². The standard InChI is InChI=1S/C16H15N5OS2/c22-15(21-16-20-13(9-24-16)10-1-2-10)19-7-12-14(18-5-4-17-12)11-3-6-23-8-11/h3-6,8-10H,1-2,7H2,(H2,19,20,21,22). The van der Waals surface area contributed by atoms with Crippen LogP contribution in [0.15, 0.2) is 34.6 Å². The van der Waals surface area contributed by atoms with Gasteiger partial charge < -0.3 is 5.32 Å². The number of amides is 2. The zero-order chi connectivity index (χ0) is 16.4. The Hall–Kier alpha value is -2.32. The van der Waals surface area contributed by atoms with Crippen molar-refractivity contribution in [2.75, 3.05) is 5.32 Å². The van der Waals surface area contributed by atoms with E-state index in [0.717, 1.165) is 22.6 Å². The van der Waals surface area contributed by atoms with E-state index in [1.165, 1.54) is 24.2 Å². The van der Waals surface area contributed by atoms with Crippen molar-refractivity contribution < 1.29 is 4.79 Å². The molecular formula is C16H15N5OS2. The minimum Gasteiger partial charge on any atom is -0.332 e. The van der Waals surface area contributed by atoms with Crippen LogP contribution in [0, 0.1) is 0 Å². The molecule has 3 heterocycles. The molecule has 1 aliphatic carbocycles. The maximum absolute atomic E-state index is 12.1. The molecular weight excluding hydrogens is 342 g/mol. The van der Waals surface area contributed by atoms with Crippen molar-refractivity contribution >= 4 is 33.8 Å². The van der Waals surface area contributed by atoms with E-state index in [1.807, 2.05) is 22.2 Å². The maximum atomic E-state index is 12.1. The van der Waals surface area contributed by atoms with Gasteiger partial charge in [-0.05, 0) is 24.3 Å². The fourth-order valence-corrected chi connectivity index (χ4v) is 3.78. The first-order valence-electron chi connectivity index (χ1n) is 7.62. The lowest BCUT2D eigenvalue weighted by Gasteiger charge is -2.08.